The Labute approximate surface area is 249 Å². The lowest BCUT2D eigenvalue weighted by Gasteiger charge is -2.30. The number of aliphatic hydroxyl groups is 1. The lowest BCUT2D eigenvalue weighted by Crippen LogP contribution is -2.51. The van der Waals surface area contributed by atoms with E-state index in [0.29, 0.717) is 42.8 Å². The van der Waals surface area contributed by atoms with Gasteiger partial charge in [-0.2, -0.15) is 10.4 Å². The number of nitrogens with one attached hydrogen (secondary N) is 2. The average Bonchev–Trinajstić information content (AvgIpc) is 3.60. The van der Waals surface area contributed by atoms with E-state index in [4.69, 9.17) is 28.5 Å². The minimum atomic E-state index is -1.42. The van der Waals surface area contributed by atoms with Crippen LogP contribution < -0.4 is 10.6 Å². The maximum absolute atomic E-state index is 13.2. The number of guanidine groups is 1. The number of halogens is 2. The van der Waals surface area contributed by atoms with Gasteiger partial charge in [0, 0.05) is 38.9 Å². The van der Waals surface area contributed by atoms with Gasteiger partial charge in [0.25, 0.3) is 11.8 Å². The minimum Gasteiger partial charge on any atom is -0.480 e. The number of hydrogen-bond acceptors (Lipinski definition) is 7. The Bertz CT molecular complexity index is 1600. The number of fused-ring (bicyclic) bond motifs is 2. The number of nitrogens with zero attached hydrogens (tertiary/aromatic N) is 6. The van der Waals surface area contributed by atoms with Crippen LogP contribution in [0.1, 0.15) is 38.4 Å². The second-order valence-electron chi connectivity index (χ2n) is 9.93. The zero-order chi connectivity index (χ0) is 30.0. The molecule has 4 heterocycles. The number of rotatable bonds is 6. The van der Waals surface area contributed by atoms with Crippen LogP contribution in [0.3, 0.4) is 0 Å². The molecule has 13 nitrogen and oxygen atoms in total. The molecule has 4 N–H and O–H groups in total. The highest BCUT2D eigenvalue weighted by atomic mass is 35.5. The molecule has 2 aliphatic heterocycles. The number of benzene rings is 1. The van der Waals surface area contributed by atoms with Crippen LogP contribution >= 0.6 is 23.2 Å². The summed E-state index contributed by atoms with van der Waals surface area (Å²) in [5.41, 5.74) is 2.34. The molecular formula is C27H26Cl2N8O5. The van der Waals surface area contributed by atoms with E-state index < -0.39 is 24.0 Å². The summed E-state index contributed by atoms with van der Waals surface area (Å²) < 4.78 is 1.62. The van der Waals surface area contributed by atoms with Crippen molar-refractivity contribution in [2.24, 2.45) is 4.99 Å². The Balaban J connectivity index is 1.29. The van der Waals surface area contributed by atoms with E-state index in [0.717, 1.165) is 5.52 Å². The number of likely N-dealkylation sites (tertiary alicyclic amines) is 1. The highest BCUT2D eigenvalue weighted by Crippen LogP contribution is 2.35. The summed E-state index contributed by atoms with van der Waals surface area (Å²) >= 11 is 13.1. The second-order valence-corrected chi connectivity index (χ2v) is 10.7. The van der Waals surface area contributed by atoms with E-state index in [1.165, 1.54) is 0 Å². The van der Waals surface area contributed by atoms with Crippen LogP contribution in [-0.4, -0.2) is 91.7 Å². The Morgan fingerprint density at radius 1 is 1.21 bits per heavy atom. The van der Waals surface area contributed by atoms with Crippen molar-refractivity contribution in [1.82, 2.24) is 30.0 Å². The monoisotopic (exact) mass is 612 g/mol. The van der Waals surface area contributed by atoms with Gasteiger partial charge in [0.1, 0.15) is 6.04 Å². The molecule has 0 saturated carbocycles. The molecule has 0 aliphatic carbocycles. The van der Waals surface area contributed by atoms with Crippen LogP contribution in [0.15, 0.2) is 41.5 Å². The zero-order valence-corrected chi connectivity index (χ0v) is 23.6. The number of aliphatic imine (C=N–C) groups is 1. The number of carboxylic acid groups (broad SMARTS) is 1. The molecule has 0 bridgehead atoms. The van der Waals surface area contributed by atoms with Crippen LogP contribution in [0.5, 0.6) is 0 Å². The number of pyridine rings is 1. The summed E-state index contributed by atoms with van der Waals surface area (Å²) in [6, 6.07) is 7.38. The summed E-state index contributed by atoms with van der Waals surface area (Å²) in [6.07, 6.45) is 3.65. The first-order valence-electron chi connectivity index (χ1n) is 13.1. The number of carboxylic acids is 1. The first-order valence-corrected chi connectivity index (χ1v) is 13.8. The molecule has 5 rings (SSSR count). The maximum Gasteiger partial charge on any atom is 0.328 e. The van der Waals surface area contributed by atoms with Crippen molar-refractivity contribution in [3.8, 4) is 6.19 Å². The molecule has 3 aromatic rings. The van der Waals surface area contributed by atoms with E-state index >= 15 is 0 Å². The number of nitriles is 1. The van der Waals surface area contributed by atoms with Crippen LogP contribution in [-0.2, 0) is 17.8 Å². The van der Waals surface area contributed by atoms with Crippen molar-refractivity contribution < 1.29 is 24.6 Å². The molecule has 2 amide bonds. The van der Waals surface area contributed by atoms with Crippen molar-refractivity contribution in [2.75, 3.05) is 26.2 Å². The van der Waals surface area contributed by atoms with Gasteiger partial charge < -0.3 is 30.6 Å². The van der Waals surface area contributed by atoms with Gasteiger partial charge in [-0.05, 0) is 48.2 Å². The summed E-state index contributed by atoms with van der Waals surface area (Å²) in [5.74, 6) is -2.28. The SMILES string of the molecule is N#C/N=C(/NC[C@H](NC(=O)c1c(Cl)cc2c(c1Cl)CCN(C(=O)c1cc3ccccn3n1)C2)C(=O)O)N1CC[C@@H](O)C1. The zero-order valence-electron chi connectivity index (χ0n) is 22.1. The van der Waals surface area contributed by atoms with Gasteiger partial charge >= 0.3 is 5.97 Å². The van der Waals surface area contributed by atoms with Crippen molar-refractivity contribution in [1.29, 1.82) is 5.26 Å². The highest BCUT2D eigenvalue weighted by molar-refractivity contribution is 6.40. The first kappa shape index (κ1) is 29.1. The quantitative estimate of drug-likeness (QED) is 0.182. The lowest BCUT2D eigenvalue weighted by atomic mass is 9.96. The molecule has 2 aliphatic rings. The van der Waals surface area contributed by atoms with Gasteiger partial charge in [-0.25, -0.2) is 9.31 Å². The third kappa shape index (κ3) is 5.96. The molecule has 0 spiro atoms. The Kier molecular flexibility index (Phi) is 8.49. The number of carbonyl (C=O) groups excluding carboxylic acids is 2. The van der Waals surface area contributed by atoms with Crippen molar-refractivity contribution in [3.63, 3.8) is 0 Å². The van der Waals surface area contributed by atoms with Crippen molar-refractivity contribution >= 4 is 52.5 Å². The number of amides is 2. The lowest BCUT2D eigenvalue weighted by molar-refractivity contribution is -0.139. The van der Waals surface area contributed by atoms with E-state index in [9.17, 15) is 24.6 Å². The molecule has 218 valence electrons. The van der Waals surface area contributed by atoms with Gasteiger partial charge in [-0.1, -0.05) is 29.3 Å². The number of aromatic nitrogens is 2. The number of β-amino-alcohol motifs (C(OH)–C–C–N with tert-alkyl or cyclic N) is 1. The van der Waals surface area contributed by atoms with E-state index in [1.54, 1.807) is 38.8 Å². The highest BCUT2D eigenvalue weighted by Gasteiger charge is 2.31. The fourth-order valence-corrected chi connectivity index (χ4v) is 5.83. The number of carbonyl (C=O) groups is 3. The number of aliphatic carboxylic acids is 1. The molecule has 15 heteroatoms. The standard InChI is InChI=1S/C27H26Cl2N8O5/c28-19-9-15-12-35(25(40)20-10-16-3-1-2-6-37(16)34-20)8-5-18(15)23(29)22(19)24(39)33-21(26(41)42)11-31-27(32-14-30)36-7-4-17(38)13-36/h1-3,6,9-10,17,21,38H,4-5,7-8,11-13H2,(H,31,32)(H,33,39)(H,41,42)/t17-,21+/m1/s1. The predicted octanol–water partition coefficient (Wildman–Crippen LogP) is 1.52. The third-order valence-electron chi connectivity index (χ3n) is 7.19. The maximum atomic E-state index is 13.2. The van der Waals surface area contributed by atoms with Crippen LogP contribution in [0.4, 0.5) is 0 Å². The topological polar surface area (TPSA) is 176 Å². The number of aliphatic hydroxyl groups excluding tert-OH is 1. The van der Waals surface area contributed by atoms with Gasteiger partial charge in [0.2, 0.25) is 12.2 Å². The predicted molar refractivity (Wildman–Crippen MR) is 152 cm³/mol. The summed E-state index contributed by atoms with van der Waals surface area (Å²) in [6.45, 7) is 0.906. The van der Waals surface area contributed by atoms with Crippen molar-refractivity contribution in [2.45, 2.75) is 31.5 Å². The first-order chi connectivity index (χ1) is 20.2. The largest absolute Gasteiger partial charge is 0.480 e. The fraction of sp³-hybridized carbons (Fsp3) is 0.333. The van der Waals surface area contributed by atoms with Gasteiger partial charge in [-0.3, -0.25) is 9.59 Å². The molecule has 1 fully saturated rings. The molecule has 0 unspecified atom stereocenters. The Morgan fingerprint density at radius 2 is 2.02 bits per heavy atom. The molecular weight excluding hydrogens is 587 g/mol. The molecule has 42 heavy (non-hydrogen) atoms. The molecule has 1 aromatic carbocycles. The Hall–Kier alpha value is -4.38. The molecule has 1 saturated heterocycles. The Morgan fingerprint density at radius 3 is 2.71 bits per heavy atom. The van der Waals surface area contributed by atoms with Gasteiger partial charge in [-0.15, -0.1) is 4.99 Å². The molecule has 0 radical (unpaired) electrons. The normalized spacial score (nSPS) is 17.5. The summed E-state index contributed by atoms with van der Waals surface area (Å²) in [7, 11) is 0. The van der Waals surface area contributed by atoms with Crippen molar-refractivity contribution in [3.05, 3.63) is 69.0 Å². The van der Waals surface area contributed by atoms with Crippen LogP contribution in [0.2, 0.25) is 10.0 Å². The van der Waals surface area contributed by atoms with Crippen LogP contribution in [0, 0.1) is 11.5 Å². The molecule has 2 atom stereocenters. The second kappa shape index (κ2) is 12.2. The van der Waals surface area contributed by atoms with Crippen LogP contribution in [0.25, 0.3) is 5.52 Å². The van der Waals surface area contributed by atoms with E-state index in [-0.39, 0.29) is 47.1 Å². The average molecular weight is 613 g/mol. The fourth-order valence-electron chi connectivity index (χ4n) is 5.07. The molecule has 2 aromatic heterocycles. The number of hydrogen-bond donors (Lipinski definition) is 4. The van der Waals surface area contributed by atoms with E-state index in [2.05, 4.69) is 20.7 Å². The summed E-state index contributed by atoms with van der Waals surface area (Å²) in [5, 5.41) is 38.2. The van der Waals surface area contributed by atoms with Gasteiger partial charge in [0.15, 0.2) is 5.69 Å². The van der Waals surface area contributed by atoms with E-state index in [1.807, 2.05) is 18.2 Å². The van der Waals surface area contributed by atoms with Gasteiger partial charge in [0.05, 0.1) is 27.2 Å². The summed E-state index contributed by atoms with van der Waals surface area (Å²) in [4.78, 5) is 45.3. The minimum absolute atomic E-state index is 0.00756. The smallest absolute Gasteiger partial charge is 0.328 e. The third-order valence-corrected chi connectivity index (χ3v) is 7.91.